The topological polar surface area (TPSA) is 56.8 Å². The Labute approximate surface area is 185 Å². The van der Waals surface area contributed by atoms with Gasteiger partial charge in [-0.1, -0.05) is 6.07 Å². The van der Waals surface area contributed by atoms with Gasteiger partial charge in [0.2, 0.25) is 0 Å². The molecule has 0 radical (unpaired) electrons. The predicted molar refractivity (Wildman–Crippen MR) is 118 cm³/mol. The minimum Gasteiger partial charge on any atom is -0.379 e. The van der Waals surface area contributed by atoms with Gasteiger partial charge < -0.3 is 20.3 Å². The Morgan fingerprint density at radius 1 is 1.16 bits per heavy atom. The van der Waals surface area contributed by atoms with E-state index in [1.165, 1.54) is 10.9 Å². The fourth-order valence-corrected chi connectivity index (χ4v) is 5.04. The number of carbonyl (C=O) groups excluding carboxylic acids is 1. The second-order valence-corrected chi connectivity index (χ2v) is 8.95. The summed E-state index contributed by atoms with van der Waals surface area (Å²) in [6, 6.07) is 8.08. The molecule has 2 aromatic rings. The molecule has 4 rings (SSSR count). The first-order valence-corrected chi connectivity index (χ1v) is 11.5. The number of hydrogen-bond donors (Lipinski definition) is 2. The second kappa shape index (κ2) is 10.4. The van der Waals surface area contributed by atoms with Crippen LogP contribution >= 0.6 is 11.3 Å². The molecule has 2 unspecified atom stereocenters. The van der Waals surface area contributed by atoms with Crippen LogP contribution in [0.25, 0.3) is 0 Å². The first-order valence-electron chi connectivity index (χ1n) is 10.7. The van der Waals surface area contributed by atoms with Crippen LogP contribution in [0.4, 0.5) is 19.3 Å². The van der Waals surface area contributed by atoms with E-state index in [9.17, 15) is 13.6 Å². The fourth-order valence-electron chi connectivity index (χ4n) is 4.18. The van der Waals surface area contributed by atoms with E-state index >= 15 is 0 Å². The molecule has 1 aromatic carbocycles. The van der Waals surface area contributed by atoms with Gasteiger partial charge >= 0.3 is 6.03 Å². The van der Waals surface area contributed by atoms with Gasteiger partial charge in [0.25, 0.3) is 0 Å². The van der Waals surface area contributed by atoms with E-state index in [1.807, 2.05) is 11.0 Å². The van der Waals surface area contributed by atoms with Crippen molar-refractivity contribution in [2.75, 3.05) is 57.4 Å². The monoisotopic (exact) mass is 450 g/mol. The molecular formula is C22H28F2N4O2S. The molecule has 0 saturated carbocycles. The van der Waals surface area contributed by atoms with Gasteiger partial charge in [-0.15, -0.1) is 11.3 Å². The fraction of sp³-hybridized carbons (Fsp3) is 0.500. The molecular weight excluding hydrogens is 422 g/mol. The van der Waals surface area contributed by atoms with E-state index in [2.05, 4.69) is 27.0 Å². The maximum absolute atomic E-state index is 13.5. The highest BCUT2D eigenvalue weighted by Crippen LogP contribution is 2.26. The number of benzene rings is 1. The highest BCUT2D eigenvalue weighted by atomic mass is 32.1. The number of urea groups is 1. The smallest absolute Gasteiger partial charge is 0.314 e. The van der Waals surface area contributed by atoms with Crippen LogP contribution in [0.2, 0.25) is 0 Å². The van der Waals surface area contributed by atoms with Gasteiger partial charge in [0, 0.05) is 55.9 Å². The minimum atomic E-state index is -0.837. The lowest BCUT2D eigenvalue weighted by molar-refractivity contribution is 0.0174. The highest BCUT2D eigenvalue weighted by Gasteiger charge is 2.26. The van der Waals surface area contributed by atoms with Crippen LogP contribution in [0.5, 0.6) is 0 Å². The van der Waals surface area contributed by atoms with Crippen LogP contribution in [0.1, 0.15) is 17.3 Å². The van der Waals surface area contributed by atoms with E-state index in [0.717, 1.165) is 32.1 Å². The number of nitrogens with zero attached hydrogens (tertiary/aromatic N) is 2. The molecule has 31 heavy (non-hydrogen) atoms. The van der Waals surface area contributed by atoms with Crippen LogP contribution < -0.4 is 15.5 Å². The van der Waals surface area contributed by atoms with Crippen molar-refractivity contribution in [2.45, 2.75) is 12.5 Å². The molecule has 3 heterocycles. The number of ether oxygens (including phenoxy) is 1. The van der Waals surface area contributed by atoms with Crippen LogP contribution in [-0.4, -0.2) is 63.4 Å². The number of amides is 2. The predicted octanol–water partition coefficient (Wildman–Crippen LogP) is 3.23. The summed E-state index contributed by atoms with van der Waals surface area (Å²) in [6.45, 7) is 5.69. The Morgan fingerprint density at radius 2 is 2.00 bits per heavy atom. The molecule has 2 atom stereocenters. The Morgan fingerprint density at radius 3 is 2.74 bits per heavy atom. The largest absolute Gasteiger partial charge is 0.379 e. The van der Waals surface area contributed by atoms with Crippen molar-refractivity contribution in [3.8, 4) is 0 Å². The number of carbonyl (C=O) groups is 1. The van der Waals surface area contributed by atoms with Gasteiger partial charge in [0.15, 0.2) is 11.6 Å². The van der Waals surface area contributed by atoms with Gasteiger partial charge in [-0.05, 0) is 35.9 Å². The second-order valence-electron chi connectivity index (χ2n) is 7.97. The van der Waals surface area contributed by atoms with Crippen LogP contribution in [0.15, 0.2) is 35.7 Å². The number of nitrogens with one attached hydrogen (secondary N) is 2. The van der Waals surface area contributed by atoms with Crippen molar-refractivity contribution in [3.05, 3.63) is 52.2 Å². The Kier molecular flexibility index (Phi) is 7.37. The lowest BCUT2D eigenvalue weighted by atomic mass is 10.1. The molecule has 0 spiro atoms. The Balaban J connectivity index is 1.24. The first-order chi connectivity index (χ1) is 15.1. The molecule has 2 aliphatic heterocycles. The SMILES string of the molecule is O=C(NCC1CCN(c2ccc(F)c(F)c2)C1)NCC(c1cccs1)N1CCOCC1. The average Bonchev–Trinajstić information content (AvgIpc) is 3.48. The summed E-state index contributed by atoms with van der Waals surface area (Å²) in [5.41, 5.74) is 0.676. The third-order valence-corrected chi connectivity index (χ3v) is 6.89. The lowest BCUT2D eigenvalue weighted by Gasteiger charge is -2.34. The van der Waals surface area contributed by atoms with Gasteiger partial charge in [-0.3, -0.25) is 4.90 Å². The van der Waals surface area contributed by atoms with Crippen molar-refractivity contribution in [1.29, 1.82) is 0 Å². The quantitative estimate of drug-likeness (QED) is 0.680. The van der Waals surface area contributed by atoms with E-state index in [0.29, 0.717) is 38.5 Å². The number of rotatable bonds is 7. The van der Waals surface area contributed by atoms with E-state index in [4.69, 9.17) is 4.74 Å². The van der Waals surface area contributed by atoms with E-state index in [-0.39, 0.29) is 18.0 Å². The Hall–Kier alpha value is -2.23. The average molecular weight is 451 g/mol. The molecule has 2 aliphatic rings. The van der Waals surface area contributed by atoms with Crippen molar-refractivity contribution in [1.82, 2.24) is 15.5 Å². The van der Waals surface area contributed by atoms with Crippen molar-refractivity contribution >= 4 is 23.1 Å². The van der Waals surface area contributed by atoms with Crippen molar-refractivity contribution < 1.29 is 18.3 Å². The molecule has 9 heteroatoms. The summed E-state index contributed by atoms with van der Waals surface area (Å²) >= 11 is 1.70. The van der Waals surface area contributed by atoms with Crippen LogP contribution in [0.3, 0.4) is 0 Å². The van der Waals surface area contributed by atoms with Crippen molar-refractivity contribution in [3.63, 3.8) is 0 Å². The number of hydrogen-bond acceptors (Lipinski definition) is 5. The van der Waals surface area contributed by atoms with E-state index < -0.39 is 11.6 Å². The summed E-state index contributed by atoms with van der Waals surface area (Å²) in [6.07, 6.45) is 0.894. The Bertz CT molecular complexity index is 861. The van der Waals surface area contributed by atoms with Gasteiger partial charge in [-0.25, -0.2) is 13.6 Å². The van der Waals surface area contributed by atoms with Gasteiger partial charge in [0.1, 0.15) is 0 Å². The van der Waals surface area contributed by atoms with Gasteiger partial charge in [0.05, 0.1) is 19.3 Å². The number of anilines is 1. The normalized spacial score (nSPS) is 20.6. The maximum atomic E-state index is 13.5. The highest BCUT2D eigenvalue weighted by molar-refractivity contribution is 7.10. The zero-order valence-electron chi connectivity index (χ0n) is 17.4. The summed E-state index contributed by atoms with van der Waals surface area (Å²) < 4.78 is 32.1. The maximum Gasteiger partial charge on any atom is 0.314 e. The summed E-state index contributed by atoms with van der Waals surface area (Å²) in [4.78, 5) is 18.0. The molecule has 0 aliphatic carbocycles. The number of halogens is 2. The minimum absolute atomic E-state index is 0.144. The zero-order valence-corrected chi connectivity index (χ0v) is 18.2. The van der Waals surface area contributed by atoms with Crippen LogP contribution in [-0.2, 0) is 4.74 Å². The molecule has 2 amide bonds. The zero-order chi connectivity index (χ0) is 21.6. The molecule has 0 bridgehead atoms. The molecule has 2 N–H and O–H groups in total. The van der Waals surface area contributed by atoms with Gasteiger partial charge in [-0.2, -0.15) is 0 Å². The standard InChI is InChI=1S/C22H28F2N4O2S/c23-18-4-3-17(12-19(18)24)28-6-5-16(15-28)13-25-22(29)26-14-20(21-2-1-11-31-21)27-7-9-30-10-8-27/h1-4,11-12,16,20H,5-10,13-15H2,(H2,25,26,29). The summed E-state index contributed by atoms with van der Waals surface area (Å²) in [7, 11) is 0. The van der Waals surface area contributed by atoms with Crippen molar-refractivity contribution in [2.24, 2.45) is 5.92 Å². The third-order valence-electron chi connectivity index (χ3n) is 5.92. The molecule has 1 aromatic heterocycles. The molecule has 2 saturated heterocycles. The summed E-state index contributed by atoms with van der Waals surface area (Å²) in [5.74, 6) is -1.40. The third kappa shape index (κ3) is 5.72. The van der Waals surface area contributed by atoms with E-state index in [1.54, 1.807) is 17.4 Å². The van der Waals surface area contributed by atoms with Crippen LogP contribution in [0, 0.1) is 17.6 Å². The molecule has 6 nitrogen and oxygen atoms in total. The summed E-state index contributed by atoms with van der Waals surface area (Å²) in [5, 5.41) is 8.05. The molecule has 168 valence electrons. The number of morpholine rings is 1. The first kappa shape index (κ1) is 22.0. The molecule has 2 fully saturated rings. The number of thiophene rings is 1. The lowest BCUT2D eigenvalue weighted by Crippen LogP contribution is -2.46.